The molecule has 0 radical (unpaired) electrons. The standard InChI is InChI=1S/C18H19N3O5S/c1-12-10-13(19-26-12)11-25-18(22)15-7-4-5-9-21(15)17-14-6-2-3-8-16(14)27(23,24)20-17/h2-3,6,8,10,15H,4-5,7,9,11H2,1H3/t15-/m0/s1. The van der Waals surface area contributed by atoms with Crippen LogP contribution < -0.4 is 0 Å². The van der Waals surface area contributed by atoms with Gasteiger partial charge in [-0.3, -0.25) is 0 Å². The van der Waals surface area contributed by atoms with Gasteiger partial charge in [-0.2, -0.15) is 8.42 Å². The fourth-order valence-electron chi connectivity index (χ4n) is 3.45. The van der Waals surface area contributed by atoms with E-state index in [1.54, 1.807) is 36.1 Å². The average molecular weight is 389 g/mol. The van der Waals surface area contributed by atoms with Gasteiger partial charge >= 0.3 is 5.97 Å². The molecule has 0 spiro atoms. The first-order chi connectivity index (χ1) is 13.0. The maximum Gasteiger partial charge on any atom is 0.329 e. The van der Waals surface area contributed by atoms with Gasteiger partial charge in [0.1, 0.15) is 29.0 Å². The number of nitrogens with zero attached hydrogens (tertiary/aromatic N) is 3. The van der Waals surface area contributed by atoms with Crippen LogP contribution in [0.25, 0.3) is 0 Å². The van der Waals surface area contributed by atoms with Crippen LogP contribution in [0.2, 0.25) is 0 Å². The number of sulfonamides is 1. The molecule has 3 heterocycles. The Labute approximate surface area is 156 Å². The molecule has 1 aromatic carbocycles. The monoisotopic (exact) mass is 389 g/mol. The highest BCUT2D eigenvalue weighted by Crippen LogP contribution is 2.31. The minimum absolute atomic E-state index is 0.0157. The van der Waals surface area contributed by atoms with Gasteiger partial charge in [0.15, 0.2) is 5.84 Å². The van der Waals surface area contributed by atoms with Crippen molar-refractivity contribution in [2.75, 3.05) is 6.54 Å². The highest BCUT2D eigenvalue weighted by molar-refractivity contribution is 7.90. The van der Waals surface area contributed by atoms with E-state index in [-0.39, 0.29) is 11.5 Å². The Hall–Kier alpha value is -2.68. The van der Waals surface area contributed by atoms with Crippen LogP contribution in [0.3, 0.4) is 0 Å². The molecule has 9 heteroatoms. The number of esters is 1. The summed E-state index contributed by atoms with van der Waals surface area (Å²) in [6.07, 6.45) is 2.30. The lowest BCUT2D eigenvalue weighted by atomic mass is 10.0. The molecule has 27 heavy (non-hydrogen) atoms. The summed E-state index contributed by atoms with van der Waals surface area (Å²) in [7, 11) is -3.73. The number of carbonyl (C=O) groups is 1. The summed E-state index contributed by atoms with van der Waals surface area (Å²) in [5, 5.41) is 3.81. The van der Waals surface area contributed by atoms with E-state index in [4.69, 9.17) is 9.26 Å². The predicted octanol–water partition coefficient (Wildman–Crippen LogP) is 2.03. The highest BCUT2D eigenvalue weighted by Gasteiger charge is 2.38. The molecular weight excluding hydrogens is 370 g/mol. The number of aromatic nitrogens is 1. The van der Waals surface area contributed by atoms with Crippen molar-refractivity contribution in [3.8, 4) is 0 Å². The van der Waals surface area contributed by atoms with E-state index in [9.17, 15) is 13.2 Å². The largest absolute Gasteiger partial charge is 0.458 e. The van der Waals surface area contributed by atoms with Crippen molar-refractivity contribution in [3.63, 3.8) is 0 Å². The van der Waals surface area contributed by atoms with E-state index in [0.29, 0.717) is 35.8 Å². The lowest BCUT2D eigenvalue weighted by molar-refractivity contribution is -0.151. The van der Waals surface area contributed by atoms with Gasteiger partial charge in [-0.05, 0) is 38.3 Å². The van der Waals surface area contributed by atoms with E-state index >= 15 is 0 Å². The molecule has 0 bridgehead atoms. The third-order valence-electron chi connectivity index (χ3n) is 4.70. The number of hydrogen-bond donors (Lipinski definition) is 0. The summed E-state index contributed by atoms with van der Waals surface area (Å²) in [6.45, 7) is 2.32. The summed E-state index contributed by atoms with van der Waals surface area (Å²) in [4.78, 5) is 14.6. The zero-order valence-corrected chi connectivity index (χ0v) is 15.6. The molecule has 1 saturated heterocycles. The third kappa shape index (κ3) is 3.34. The lowest BCUT2D eigenvalue weighted by Crippen LogP contribution is -2.48. The van der Waals surface area contributed by atoms with Crippen LogP contribution >= 0.6 is 0 Å². The van der Waals surface area contributed by atoms with Gasteiger partial charge in [-0.1, -0.05) is 17.3 Å². The van der Waals surface area contributed by atoms with E-state index in [1.165, 1.54) is 6.07 Å². The molecule has 1 atom stereocenters. The van der Waals surface area contributed by atoms with Gasteiger partial charge < -0.3 is 14.2 Å². The van der Waals surface area contributed by atoms with Crippen molar-refractivity contribution in [2.45, 2.75) is 43.7 Å². The summed E-state index contributed by atoms with van der Waals surface area (Å²) in [6, 6.07) is 7.80. The molecule has 1 fully saturated rings. The Morgan fingerprint density at radius 3 is 2.93 bits per heavy atom. The number of carbonyl (C=O) groups excluding carboxylic acids is 1. The molecule has 0 unspecified atom stereocenters. The van der Waals surface area contributed by atoms with Crippen LogP contribution in [-0.2, 0) is 26.2 Å². The SMILES string of the molecule is Cc1cc(COC(=O)[C@@H]2CCCCN2C2=NS(=O)(=O)c3ccccc32)no1. The predicted molar refractivity (Wildman–Crippen MR) is 95.5 cm³/mol. The molecule has 2 aliphatic heterocycles. The number of fused-ring (bicyclic) bond motifs is 1. The number of aryl methyl sites for hydroxylation is 1. The Kier molecular flexibility index (Phi) is 4.47. The maximum atomic E-state index is 12.7. The number of likely N-dealkylation sites (tertiary alicyclic amines) is 1. The van der Waals surface area contributed by atoms with Crippen molar-refractivity contribution in [2.24, 2.45) is 4.40 Å². The molecule has 4 rings (SSSR count). The maximum absolute atomic E-state index is 12.7. The molecule has 0 saturated carbocycles. The lowest BCUT2D eigenvalue weighted by Gasteiger charge is -2.35. The van der Waals surface area contributed by atoms with E-state index in [1.807, 2.05) is 0 Å². The summed E-state index contributed by atoms with van der Waals surface area (Å²) in [5.74, 6) is 0.548. The van der Waals surface area contributed by atoms with Gasteiger partial charge in [-0.15, -0.1) is 4.40 Å². The first-order valence-electron chi connectivity index (χ1n) is 8.75. The van der Waals surface area contributed by atoms with Crippen molar-refractivity contribution < 1.29 is 22.5 Å². The molecule has 2 aliphatic rings. The quantitative estimate of drug-likeness (QED) is 0.740. The number of piperidine rings is 1. The molecule has 2 aromatic rings. The van der Waals surface area contributed by atoms with Crippen molar-refractivity contribution in [3.05, 3.63) is 47.3 Å². The third-order valence-corrected chi connectivity index (χ3v) is 6.02. The van der Waals surface area contributed by atoms with E-state index < -0.39 is 22.0 Å². The van der Waals surface area contributed by atoms with Gasteiger partial charge in [0.05, 0.1) is 0 Å². The molecule has 8 nitrogen and oxygen atoms in total. The molecule has 0 aliphatic carbocycles. The van der Waals surface area contributed by atoms with E-state index in [0.717, 1.165) is 12.8 Å². The Balaban J connectivity index is 1.57. The van der Waals surface area contributed by atoms with Gasteiger partial charge in [0.25, 0.3) is 10.0 Å². The summed E-state index contributed by atoms with van der Waals surface area (Å²) < 4.78 is 39.0. The summed E-state index contributed by atoms with van der Waals surface area (Å²) >= 11 is 0. The first-order valence-corrected chi connectivity index (χ1v) is 10.2. The Morgan fingerprint density at radius 2 is 2.15 bits per heavy atom. The Morgan fingerprint density at radius 1 is 1.33 bits per heavy atom. The fraction of sp³-hybridized carbons (Fsp3) is 0.389. The number of benzene rings is 1. The normalized spacial score (nSPS) is 20.9. The second-order valence-electron chi connectivity index (χ2n) is 6.63. The first kappa shape index (κ1) is 17.7. The minimum atomic E-state index is -3.73. The zero-order valence-electron chi connectivity index (χ0n) is 14.8. The summed E-state index contributed by atoms with van der Waals surface area (Å²) in [5.41, 5.74) is 1.07. The highest BCUT2D eigenvalue weighted by atomic mass is 32.2. The average Bonchev–Trinajstić information content (AvgIpc) is 3.21. The number of amidine groups is 1. The topological polar surface area (TPSA) is 102 Å². The number of ether oxygens (including phenoxy) is 1. The zero-order chi connectivity index (χ0) is 19.0. The molecule has 0 N–H and O–H groups in total. The van der Waals surface area contributed by atoms with Crippen LogP contribution in [0.5, 0.6) is 0 Å². The van der Waals surface area contributed by atoms with Crippen LogP contribution in [0.4, 0.5) is 0 Å². The fourth-order valence-corrected chi connectivity index (χ4v) is 4.67. The molecule has 0 amide bonds. The number of hydrogen-bond acceptors (Lipinski definition) is 7. The molecule has 1 aromatic heterocycles. The van der Waals surface area contributed by atoms with Crippen LogP contribution in [0.15, 0.2) is 44.1 Å². The smallest absolute Gasteiger partial charge is 0.329 e. The van der Waals surface area contributed by atoms with E-state index in [2.05, 4.69) is 9.55 Å². The van der Waals surface area contributed by atoms with Crippen LogP contribution in [0, 0.1) is 6.92 Å². The molecular formula is C18H19N3O5S. The van der Waals surface area contributed by atoms with Crippen molar-refractivity contribution in [1.82, 2.24) is 10.1 Å². The van der Waals surface area contributed by atoms with Crippen LogP contribution in [0.1, 0.15) is 36.3 Å². The van der Waals surface area contributed by atoms with Gasteiger partial charge in [0.2, 0.25) is 0 Å². The molecule has 142 valence electrons. The van der Waals surface area contributed by atoms with Crippen molar-refractivity contribution in [1.29, 1.82) is 0 Å². The van der Waals surface area contributed by atoms with Gasteiger partial charge in [-0.25, -0.2) is 4.79 Å². The van der Waals surface area contributed by atoms with Gasteiger partial charge in [0, 0.05) is 18.2 Å². The minimum Gasteiger partial charge on any atom is -0.458 e. The number of rotatable bonds is 3. The second-order valence-corrected chi connectivity index (χ2v) is 8.20. The van der Waals surface area contributed by atoms with Crippen molar-refractivity contribution >= 4 is 21.8 Å². The Bertz CT molecular complexity index is 1010. The second kappa shape index (κ2) is 6.80. The van der Waals surface area contributed by atoms with Crippen LogP contribution in [-0.4, -0.2) is 42.9 Å².